The third-order valence-electron chi connectivity index (χ3n) is 6.10. The fourth-order valence-electron chi connectivity index (χ4n) is 4.05. The van der Waals surface area contributed by atoms with Crippen LogP contribution in [0.15, 0.2) is 54.6 Å². The Hall–Kier alpha value is -3.96. The van der Waals surface area contributed by atoms with Gasteiger partial charge >= 0.3 is 5.97 Å². The number of aliphatic hydroxyl groups is 1. The summed E-state index contributed by atoms with van der Waals surface area (Å²) in [5.74, 6) is -3.18. The average Bonchev–Trinajstić information content (AvgIpc) is 3.43. The number of carbonyl (C=O) groups excluding carboxylic acids is 3. The Bertz CT molecular complexity index is 1070. The Kier molecular flexibility index (Phi) is 9.99. The summed E-state index contributed by atoms with van der Waals surface area (Å²) >= 11 is 0. The largest absolute Gasteiger partial charge is 0.508 e. The third-order valence-corrected chi connectivity index (χ3v) is 6.10. The van der Waals surface area contributed by atoms with E-state index in [1.165, 1.54) is 12.1 Å². The van der Waals surface area contributed by atoms with Crippen molar-refractivity contribution in [1.82, 2.24) is 21.3 Å². The molecule has 4 unspecified atom stereocenters. The maximum absolute atomic E-state index is 13.2. The first kappa shape index (κ1) is 27.6. The molecule has 198 valence electrons. The molecule has 4 atom stereocenters. The van der Waals surface area contributed by atoms with Crippen LogP contribution in [0.3, 0.4) is 0 Å². The fraction of sp³-hybridized carbons (Fsp3) is 0.385. The number of benzene rings is 2. The molecule has 1 aliphatic rings. The zero-order chi connectivity index (χ0) is 26.8. The number of carboxylic acid groups (broad SMARTS) is 1. The van der Waals surface area contributed by atoms with Gasteiger partial charge in [0.05, 0.1) is 12.6 Å². The topological polar surface area (TPSA) is 177 Å². The van der Waals surface area contributed by atoms with Gasteiger partial charge in [-0.25, -0.2) is 4.79 Å². The standard InChI is InChI=1S/C26H32N4O7/c31-15-22(30-23(33)19-7-4-12-27-19)25(35)28-20(13-17-8-10-18(32)11-9-17)24(34)29-21(26(36)37)14-16-5-2-1-3-6-16/h1-3,5-6,8-11,19-22,27,31-32H,4,7,12-15H2,(H,28,35)(H,29,34)(H,30,33)(H,36,37). The smallest absolute Gasteiger partial charge is 0.326 e. The highest BCUT2D eigenvalue weighted by molar-refractivity contribution is 5.94. The molecule has 7 N–H and O–H groups in total. The number of hydrogen-bond acceptors (Lipinski definition) is 7. The van der Waals surface area contributed by atoms with Crippen molar-refractivity contribution in [3.63, 3.8) is 0 Å². The van der Waals surface area contributed by atoms with Crippen molar-refractivity contribution < 1.29 is 34.5 Å². The second-order valence-corrected chi connectivity index (χ2v) is 8.91. The number of rotatable bonds is 12. The van der Waals surface area contributed by atoms with E-state index in [1.807, 2.05) is 0 Å². The van der Waals surface area contributed by atoms with E-state index in [0.717, 1.165) is 6.42 Å². The van der Waals surface area contributed by atoms with Crippen LogP contribution >= 0.6 is 0 Å². The summed E-state index contributed by atoms with van der Waals surface area (Å²) in [6.07, 6.45) is 1.43. The van der Waals surface area contributed by atoms with E-state index in [-0.39, 0.29) is 18.6 Å². The van der Waals surface area contributed by atoms with Crippen molar-refractivity contribution in [3.05, 3.63) is 65.7 Å². The third kappa shape index (κ3) is 8.29. The quantitative estimate of drug-likeness (QED) is 0.198. The molecule has 2 aromatic carbocycles. The minimum Gasteiger partial charge on any atom is -0.508 e. The molecule has 3 amide bonds. The van der Waals surface area contributed by atoms with E-state index in [0.29, 0.717) is 24.1 Å². The van der Waals surface area contributed by atoms with Gasteiger partial charge in [0.1, 0.15) is 23.9 Å². The van der Waals surface area contributed by atoms with E-state index in [1.54, 1.807) is 42.5 Å². The summed E-state index contributed by atoms with van der Waals surface area (Å²) in [5.41, 5.74) is 1.30. The highest BCUT2D eigenvalue weighted by Gasteiger charge is 2.31. The van der Waals surface area contributed by atoms with E-state index < -0.39 is 54.5 Å². The lowest BCUT2D eigenvalue weighted by Crippen LogP contribution is -2.58. The molecule has 37 heavy (non-hydrogen) atoms. The number of aliphatic carboxylic acids is 1. The Morgan fingerprint density at radius 3 is 2.03 bits per heavy atom. The van der Waals surface area contributed by atoms with Crippen LogP contribution in [0, 0.1) is 0 Å². The van der Waals surface area contributed by atoms with Gasteiger partial charge in [-0.2, -0.15) is 0 Å². The first-order valence-corrected chi connectivity index (χ1v) is 12.1. The minimum absolute atomic E-state index is 0.0196. The fourth-order valence-corrected chi connectivity index (χ4v) is 4.05. The van der Waals surface area contributed by atoms with Gasteiger partial charge in [-0.3, -0.25) is 14.4 Å². The maximum Gasteiger partial charge on any atom is 0.326 e. The van der Waals surface area contributed by atoms with E-state index >= 15 is 0 Å². The van der Waals surface area contributed by atoms with Crippen LogP contribution in [0.1, 0.15) is 24.0 Å². The van der Waals surface area contributed by atoms with Crippen LogP contribution in [-0.4, -0.2) is 76.3 Å². The minimum atomic E-state index is -1.30. The Labute approximate surface area is 214 Å². The molecule has 1 heterocycles. The van der Waals surface area contributed by atoms with Crippen molar-refractivity contribution >= 4 is 23.7 Å². The molecule has 0 saturated carbocycles. The predicted octanol–water partition coefficient (Wildman–Crippen LogP) is -0.539. The maximum atomic E-state index is 13.2. The van der Waals surface area contributed by atoms with Gasteiger partial charge in [0, 0.05) is 12.8 Å². The van der Waals surface area contributed by atoms with Crippen molar-refractivity contribution in [2.75, 3.05) is 13.2 Å². The van der Waals surface area contributed by atoms with Crippen LogP contribution in [-0.2, 0) is 32.0 Å². The summed E-state index contributed by atoms with van der Waals surface area (Å²) in [7, 11) is 0. The Balaban J connectivity index is 1.74. The van der Waals surface area contributed by atoms with Gasteiger partial charge < -0.3 is 36.6 Å². The number of aromatic hydroxyl groups is 1. The molecule has 0 aromatic heterocycles. The molecule has 11 heteroatoms. The number of phenols is 1. The Morgan fingerprint density at radius 1 is 0.838 bits per heavy atom. The summed E-state index contributed by atoms with van der Waals surface area (Å²) in [4.78, 5) is 50.4. The number of hydrogen-bond donors (Lipinski definition) is 7. The zero-order valence-electron chi connectivity index (χ0n) is 20.2. The van der Waals surface area contributed by atoms with Gasteiger partial charge in [-0.15, -0.1) is 0 Å². The van der Waals surface area contributed by atoms with Crippen molar-refractivity contribution in [2.45, 2.75) is 49.9 Å². The highest BCUT2D eigenvalue weighted by atomic mass is 16.4. The van der Waals surface area contributed by atoms with E-state index in [9.17, 15) is 34.5 Å². The summed E-state index contributed by atoms with van der Waals surface area (Å²) in [5, 5.41) is 39.5. The van der Waals surface area contributed by atoms with Gasteiger partial charge in [0.15, 0.2) is 0 Å². The van der Waals surface area contributed by atoms with Crippen LogP contribution in [0.5, 0.6) is 5.75 Å². The number of carboxylic acids is 1. The second kappa shape index (κ2) is 13.4. The molecule has 0 bridgehead atoms. The zero-order valence-corrected chi connectivity index (χ0v) is 20.2. The molecule has 11 nitrogen and oxygen atoms in total. The van der Waals surface area contributed by atoms with Crippen molar-refractivity contribution in [2.24, 2.45) is 0 Å². The molecule has 0 radical (unpaired) electrons. The average molecular weight is 513 g/mol. The SMILES string of the molecule is O=C(O)C(Cc1ccccc1)NC(=O)C(Cc1ccc(O)cc1)NC(=O)C(CO)NC(=O)C1CCCN1. The summed E-state index contributed by atoms with van der Waals surface area (Å²) in [6.45, 7) is -0.0136. The molecular formula is C26H32N4O7. The first-order valence-electron chi connectivity index (χ1n) is 12.1. The lowest BCUT2D eigenvalue weighted by atomic mass is 10.0. The van der Waals surface area contributed by atoms with Crippen molar-refractivity contribution in [3.8, 4) is 5.75 Å². The first-order chi connectivity index (χ1) is 17.8. The molecule has 1 fully saturated rings. The molecule has 0 aliphatic carbocycles. The molecule has 1 saturated heterocycles. The number of carbonyl (C=O) groups is 4. The number of aliphatic hydroxyl groups excluding tert-OH is 1. The number of phenolic OH excluding ortho intramolecular Hbond substituents is 1. The van der Waals surface area contributed by atoms with Gasteiger partial charge in [0.2, 0.25) is 17.7 Å². The van der Waals surface area contributed by atoms with Gasteiger partial charge in [0.25, 0.3) is 0 Å². The molecule has 0 spiro atoms. The second-order valence-electron chi connectivity index (χ2n) is 8.91. The van der Waals surface area contributed by atoms with Crippen molar-refractivity contribution in [1.29, 1.82) is 0 Å². The lowest BCUT2D eigenvalue weighted by molar-refractivity contribution is -0.142. The van der Waals surface area contributed by atoms with Crippen LogP contribution < -0.4 is 21.3 Å². The normalized spacial score (nSPS) is 17.3. The summed E-state index contributed by atoms with van der Waals surface area (Å²) in [6, 6.07) is 10.5. The van der Waals surface area contributed by atoms with Gasteiger partial charge in [-0.05, 0) is 42.6 Å². The van der Waals surface area contributed by atoms with E-state index in [4.69, 9.17) is 0 Å². The van der Waals surface area contributed by atoms with Crippen LogP contribution in [0.25, 0.3) is 0 Å². The number of amides is 3. The lowest BCUT2D eigenvalue weighted by Gasteiger charge is -2.24. The van der Waals surface area contributed by atoms with E-state index in [2.05, 4.69) is 21.3 Å². The number of nitrogens with one attached hydrogen (secondary N) is 4. The summed E-state index contributed by atoms with van der Waals surface area (Å²) < 4.78 is 0. The monoisotopic (exact) mass is 512 g/mol. The molecular weight excluding hydrogens is 480 g/mol. The Morgan fingerprint density at radius 2 is 1.43 bits per heavy atom. The van der Waals surface area contributed by atoms with Crippen LogP contribution in [0.4, 0.5) is 0 Å². The molecule has 1 aliphatic heterocycles. The predicted molar refractivity (Wildman–Crippen MR) is 133 cm³/mol. The molecule has 3 rings (SSSR count). The van der Waals surface area contributed by atoms with Gasteiger partial charge in [-0.1, -0.05) is 42.5 Å². The highest BCUT2D eigenvalue weighted by Crippen LogP contribution is 2.12. The molecule has 2 aromatic rings. The van der Waals surface area contributed by atoms with Crippen LogP contribution in [0.2, 0.25) is 0 Å².